The van der Waals surface area contributed by atoms with Gasteiger partial charge in [0.2, 0.25) is 0 Å². The predicted octanol–water partition coefficient (Wildman–Crippen LogP) is 2.67. The molecule has 13 heavy (non-hydrogen) atoms. The highest BCUT2D eigenvalue weighted by molar-refractivity contribution is 5.26. The Bertz CT molecular complexity index is 289. The molecular weight excluding hydrogens is 158 g/mol. The predicted molar refractivity (Wildman–Crippen MR) is 55.7 cm³/mol. The van der Waals surface area contributed by atoms with Gasteiger partial charge < -0.3 is 5.32 Å². The van der Waals surface area contributed by atoms with E-state index in [1.54, 1.807) is 0 Å². The number of nitrogens with one attached hydrogen (secondary N) is 1. The van der Waals surface area contributed by atoms with Gasteiger partial charge in [-0.2, -0.15) is 0 Å². The maximum absolute atomic E-state index is 3.41. The van der Waals surface area contributed by atoms with Crippen molar-refractivity contribution in [2.75, 3.05) is 7.05 Å². The molecule has 1 saturated carbocycles. The smallest absolute Gasteiger partial charge is 0.0346 e. The lowest BCUT2D eigenvalue weighted by molar-refractivity contribution is 0.528. The summed E-state index contributed by atoms with van der Waals surface area (Å²) in [5.41, 5.74) is 2.81. The van der Waals surface area contributed by atoms with Crippen LogP contribution in [-0.4, -0.2) is 7.05 Å². The molecule has 0 saturated heterocycles. The van der Waals surface area contributed by atoms with E-state index in [0.717, 1.165) is 5.92 Å². The summed E-state index contributed by atoms with van der Waals surface area (Å²) < 4.78 is 0. The number of hydrogen-bond acceptors (Lipinski definition) is 1. The molecule has 70 valence electrons. The van der Waals surface area contributed by atoms with Gasteiger partial charge in [-0.1, -0.05) is 29.8 Å². The van der Waals surface area contributed by atoms with E-state index < -0.39 is 0 Å². The second-order valence-electron chi connectivity index (χ2n) is 4.02. The highest BCUT2D eigenvalue weighted by Gasteiger charge is 2.30. The zero-order valence-electron chi connectivity index (χ0n) is 8.38. The molecule has 1 fully saturated rings. The Morgan fingerprint density at radius 2 is 2.15 bits per heavy atom. The zero-order chi connectivity index (χ0) is 9.26. The summed E-state index contributed by atoms with van der Waals surface area (Å²) in [6, 6.07) is 9.41. The summed E-state index contributed by atoms with van der Waals surface area (Å²) in [5, 5.41) is 3.41. The van der Waals surface area contributed by atoms with Crippen LogP contribution < -0.4 is 5.32 Å². The Hall–Kier alpha value is -0.820. The second-order valence-corrected chi connectivity index (χ2v) is 4.02. The van der Waals surface area contributed by atoms with Gasteiger partial charge in [0.05, 0.1) is 0 Å². The third-order valence-electron chi connectivity index (χ3n) is 2.81. The first-order valence-corrected chi connectivity index (χ1v) is 5.05. The van der Waals surface area contributed by atoms with Crippen molar-refractivity contribution in [1.82, 2.24) is 5.32 Å². The van der Waals surface area contributed by atoms with Crippen molar-refractivity contribution in [2.24, 2.45) is 5.92 Å². The molecule has 2 rings (SSSR count). The van der Waals surface area contributed by atoms with Crippen LogP contribution in [0.4, 0.5) is 0 Å². The molecule has 1 aliphatic rings. The third kappa shape index (κ3) is 1.92. The average Bonchev–Trinajstić information content (AvgIpc) is 2.90. The number of aryl methyl sites for hydroxylation is 1. The molecular formula is C12H17N. The van der Waals surface area contributed by atoms with Crippen LogP contribution in [0.3, 0.4) is 0 Å². The summed E-state index contributed by atoms with van der Waals surface area (Å²) in [6.07, 6.45) is 2.78. The first-order chi connectivity index (χ1) is 6.31. The van der Waals surface area contributed by atoms with Crippen molar-refractivity contribution in [3.8, 4) is 0 Å². The van der Waals surface area contributed by atoms with Crippen molar-refractivity contribution in [3.05, 3.63) is 35.4 Å². The standard InChI is InChI=1S/C12H17N/c1-9-4-3-5-11(8-9)12(13-2)10-6-7-10/h3-5,8,10,12-13H,6-7H2,1-2H3. The van der Waals surface area contributed by atoms with E-state index in [2.05, 4.69) is 43.6 Å². The molecule has 1 atom stereocenters. The molecule has 1 N–H and O–H groups in total. The van der Waals surface area contributed by atoms with Crippen molar-refractivity contribution >= 4 is 0 Å². The van der Waals surface area contributed by atoms with Crippen molar-refractivity contribution in [3.63, 3.8) is 0 Å². The average molecular weight is 175 g/mol. The van der Waals surface area contributed by atoms with Crippen molar-refractivity contribution in [1.29, 1.82) is 0 Å². The van der Waals surface area contributed by atoms with Crippen LogP contribution in [0.25, 0.3) is 0 Å². The summed E-state index contributed by atoms with van der Waals surface area (Å²) in [7, 11) is 2.06. The van der Waals surface area contributed by atoms with E-state index in [1.165, 1.54) is 24.0 Å². The van der Waals surface area contributed by atoms with Gasteiger partial charge >= 0.3 is 0 Å². The summed E-state index contributed by atoms with van der Waals surface area (Å²) in [6.45, 7) is 2.16. The van der Waals surface area contributed by atoms with Gasteiger partial charge in [0.1, 0.15) is 0 Å². The van der Waals surface area contributed by atoms with E-state index in [9.17, 15) is 0 Å². The summed E-state index contributed by atoms with van der Waals surface area (Å²) >= 11 is 0. The SMILES string of the molecule is CNC(c1cccc(C)c1)C1CC1. The number of hydrogen-bond donors (Lipinski definition) is 1. The molecule has 1 heteroatoms. The van der Waals surface area contributed by atoms with Crippen LogP contribution in [-0.2, 0) is 0 Å². The Kier molecular flexibility index (Phi) is 2.36. The van der Waals surface area contributed by atoms with Crippen molar-refractivity contribution < 1.29 is 0 Å². The molecule has 1 aromatic rings. The van der Waals surface area contributed by atoms with E-state index in [-0.39, 0.29) is 0 Å². The van der Waals surface area contributed by atoms with Gasteiger partial charge in [-0.15, -0.1) is 0 Å². The first-order valence-electron chi connectivity index (χ1n) is 5.05. The molecule has 1 aromatic carbocycles. The van der Waals surface area contributed by atoms with Crippen LogP contribution in [0.5, 0.6) is 0 Å². The minimum atomic E-state index is 0.583. The maximum atomic E-state index is 3.41. The van der Waals surface area contributed by atoms with Crippen LogP contribution in [0.15, 0.2) is 24.3 Å². The third-order valence-corrected chi connectivity index (χ3v) is 2.81. The molecule has 1 nitrogen and oxygen atoms in total. The fraction of sp³-hybridized carbons (Fsp3) is 0.500. The molecule has 0 spiro atoms. The van der Waals surface area contributed by atoms with Gasteiger partial charge in [0, 0.05) is 6.04 Å². The minimum Gasteiger partial charge on any atom is -0.313 e. The van der Waals surface area contributed by atoms with Crippen LogP contribution >= 0.6 is 0 Å². The minimum absolute atomic E-state index is 0.583. The van der Waals surface area contributed by atoms with E-state index in [0.29, 0.717) is 6.04 Å². The molecule has 0 radical (unpaired) electrons. The van der Waals surface area contributed by atoms with E-state index in [1.807, 2.05) is 0 Å². The number of rotatable bonds is 3. The quantitative estimate of drug-likeness (QED) is 0.744. The zero-order valence-corrected chi connectivity index (χ0v) is 8.38. The molecule has 0 aliphatic heterocycles. The fourth-order valence-electron chi connectivity index (χ4n) is 1.97. The van der Waals surface area contributed by atoms with Gasteiger partial charge in [0.15, 0.2) is 0 Å². The monoisotopic (exact) mass is 175 g/mol. The Balaban J connectivity index is 2.21. The van der Waals surface area contributed by atoms with Gasteiger partial charge in [-0.25, -0.2) is 0 Å². The van der Waals surface area contributed by atoms with Gasteiger partial charge in [0.25, 0.3) is 0 Å². The molecule has 0 heterocycles. The molecule has 1 aliphatic carbocycles. The van der Waals surface area contributed by atoms with E-state index in [4.69, 9.17) is 0 Å². The Morgan fingerprint density at radius 3 is 2.69 bits per heavy atom. The Labute approximate surface area is 80.2 Å². The van der Waals surface area contributed by atoms with Crippen molar-refractivity contribution in [2.45, 2.75) is 25.8 Å². The lowest BCUT2D eigenvalue weighted by atomic mass is 10.0. The van der Waals surface area contributed by atoms with E-state index >= 15 is 0 Å². The largest absolute Gasteiger partial charge is 0.313 e. The highest BCUT2D eigenvalue weighted by atomic mass is 14.9. The molecule has 0 bridgehead atoms. The summed E-state index contributed by atoms with van der Waals surface area (Å²) in [5.74, 6) is 0.881. The lowest BCUT2D eigenvalue weighted by Crippen LogP contribution is -2.18. The first kappa shape index (κ1) is 8.76. The number of benzene rings is 1. The topological polar surface area (TPSA) is 12.0 Å². The van der Waals surface area contributed by atoms with Crippen LogP contribution in [0.2, 0.25) is 0 Å². The highest BCUT2D eigenvalue weighted by Crippen LogP contribution is 2.40. The molecule has 0 amide bonds. The van der Waals surface area contributed by atoms with Gasteiger partial charge in [-0.05, 0) is 38.3 Å². The van der Waals surface area contributed by atoms with Crippen LogP contribution in [0, 0.1) is 12.8 Å². The lowest BCUT2D eigenvalue weighted by Gasteiger charge is -2.15. The Morgan fingerprint density at radius 1 is 1.38 bits per heavy atom. The van der Waals surface area contributed by atoms with Gasteiger partial charge in [-0.3, -0.25) is 0 Å². The normalized spacial score (nSPS) is 18.6. The fourth-order valence-corrected chi connectivity index (χ4v) is 1.97. The van der Waals surface area contributed by atoms with Crippen LogP contribution in [0.1, 0.15) is 30.0 Å². The summed E-state index contributed by atoms with van der Waals surface area (Å²) in [4.78, 5) is 0. The molecule has 1 unspecified atom stereocenters. The molecule has 0 aromatic heterocycles. The maximum Gasteiger partial charge on any atom is 0.0346 e. The second kappa shape index (κ2) is 3.51.